The number of aromatic nitrogens is 4. The maximum atomic E-state index is 15.6. The molecule has 2 fully saturated rings. The molecule has 3 aromatic heterocycles. The molecule has 2 saturated carbocycles. The van der Waals surface area contributed by atoms with Crippen LogP contribution in [0.4, 0.5) is 16.0 Å². The predicted molar refractivity (Wildman–Crippen MR) is 144 cm³/mol. The molecule has 39 heavy (non-hydrogen) atoms. The van der Waals surface area contributed by atoms with Crippen LogP contribution in [0.2, 0.25) is 0 Å². The Labute approximate surface area is 224 Å². The highest BCUT2D eigenvalue weighted by Gasteiger charge is 2.40. The van der Waals surface area contributed by atoms with Gasteiger partial charge < -0.3 is 16.2 Å². The number of imidazole rings is 1. The SMILES string of the molecule is C[C@]1(C(=O)O)CCC[C@@H](c2nc(-c3ccc(C(=O)Nc4cc(C5CC5)ccn4)cc3F)c3c(N)nccn23)C1. The molecule has 4 aromatic rings. The molecule has 4 N–H and O–H groups in total. The number of carbonyl (C=O) groups is 2. The molecule has 2 atom stereocenters. The fourth-order valence-corrected chi connectivity index (χ4v) is 5.69. The van der Waals surface area contributed by atoms with Crippen LogP contribution in [0, 0.1) is 11.2 Å². The molecule has 9 nitrogen and oxygen atoms in total. The summed E-state index contributed by atoms with van der Waals surface area (Å²) in [6, 6.07) is 8.03. The number of nitrogens with one attached hydrogen (secondary N) is 1. The van der Waals surface area contributed by atoms with Crippen LogP contribution in [0.1, 0.15) is 79.0 Å². The monoisotopic (exact) mass is 528 g/mol. The third-order valence-electron chi connectivity index (χ3n) is 8.03. The van der Waals surface area contributed by atoms with Crippen LogP contribution in [0.5, 0.6) is 0 Å². The standard InChI is InChI=1S/C29H29FN6O3/c1-29(28(38)39)9-2-3-19(15-29)26-35-23(24-25(31)33-11-12-36(24)26)20-7-6-18(13-21(20)30)27(37)34-22-14-17(8-10-32-22)16-4-5-16/h6-8,10-14,16,19H,2-5,9,15H2,1H3,(H2,31,33)(H,38,39)(H,32,34,37)/t19-,29+/m1/s1. The van der Waals surface area contributed by atoms with Crippen molar-refractivity contribution in [2.75, 3.05) is 11.1 Å². The van der Waals surface area contributed by atoms with Gasteiger partial charge in [-0.15, -0.1) is 0 Å². The highest BCUT2D eigenvalue weighted by atomic mass is 19.1. The number of hydrogen-bond donors (Lipinski definition) is 3. The Morgan fingerprint density at radius 3 is 2.69 bits per heavy atom. The summed E-state index contributed by atoms with van der Waals surface area (Å²) in [5.74, 6) is -0.306. The van der Waals surface area contributed by atoms with E-state index in [1.165, 1.54) is 18.2 Å². The second-order valence-corrected chi connectivity index (χ2v) is 10.9. The van der Waals surface area contributed by atoms with E-state index in [2.05, 4.69) is 15.3 Å². The molecule has 0 spiro atoms. The van der Waals surface area contributed by atoms with Gasteiger partial charge in [-0.3, -0.25) is 14.0 Å². The van der Waals surface area contributed by atoms with Crippen molar-refractivity contribution >= 4 is 29.0 Å². The zero-order valence-corrected chi connectivity index (χ0v) is 21.5. The first-order valence-corrected chi connectivity index (χ1v) is 13.2. The van der Waals surface area contributed by atoms with E-state index in [1.807, 2.05) is 12.1 Å². The predicted octanol–water partition coefficient (Wildman–Crippen LogP) is 5.39. The number of amides is 1. The molecule has 200 valence electrons. The molecular formula is C29H29FN6O3. The average molecular weight is 529 g/mol. The molecule has 2 aliphatic rings. The first-order chi connectivity index (χ1) is 18.7. The molecule has 3 heterocycles. The number of anilines is 2. The van der Waals surface area contributed by atoms with Crippen LogP contribution in [0.25, 0.3) is 16.8 Å². The van der Waals surface area contributed by atoms with E-state index < -0.39 is 23.1 Å². The zero-order chi connectivity index (χ0) is 27.3. The summed E-state index contributed by atoms with van der Waals surface area (Å²) in [7, 11) is 0. The molecule has 1 amide bonds. The lowest BCUT2D eigenvalue weighted by molar-refractivity contribution is -0.150. The number of aliphatic carboxylic acids is 1. The number of nitrogen functional groups attached to an aromatic ring is 1. The van der Waals surface area contributed by atoms with Crippen molar-refractivity contribution in [3.63, 3.8) is 0 Å². The van der Waals surface area contributed by atoms with Crippen LogP contribution >= 0.6 is 0 Å². The minimum Gasteiger partial charge on any atom is -0.481 e. The Kier molecular flexibility index (Phi) is 6.05. The smallest absolute Gasteiger partial charge is 0.309 e. The van der Waals surface area contributed by atoms with E-state index in [0.29, 0.717) is 41.6 Å². The van der Waals surface area contributed by atoms with Gasteiger partial charge in [0.05, 0.1) is 5.41 Å². The van der Waals surface area contributed by atoms with Gasteiger partial charge in [-0.2, -0.15) is 0 Å². The van der Waals surface area contributed by atoms with Gasteiger partial charge in [0, 0.05) is 35.6 Å². The lowest BCUT2D eigenvalue weighted by atomic mass is 9.70. The van der Waals surface area contributed by atoms with Gasteiger partial charge in [0.1, 0.15) is 34.5 Å². The topological polar surface area (TPSA) is 135 Å². The lowest BCUT2D eigenvalue weighted by Gasteiger charge is -2.34. The number of benzene rings is 1. The summed E-state index contributed by atoms with van der Waals surface area (Å²) < 4.78 is 17.4. The number of nitrogens with zero attached hydrogens (tertiary/aromatic N) is 4. The highest BCUT2D eigenvalue weighted by Crippen LogP contribution is 2.45. The van der Waals surface area contributed by atoms with Crippen molar-refractivity contribution in [3.05, 3.63) is 71.7 Å². The van der Waals surface area contributed by atoms with E-state index in [1.54, 1.807) is 29.9 Å². The molecule has 1 aromatic carbocycles. The van der Waals surface area contributed by atoms with E-state index >= 15 is 4.39 Å². The Hall–Kier alpha value is -4.34. The first-order valence-electron chi connectivity index (χ1n) is 13.2. The largest absolute Gasteiger partial charge is 0.481 e. The maximum Gasteiger partial charge on any atom is 0.309 e. The van der Waals surface area contributed by atoms with Gasteiger partial charge in [0.2, 0.25) is 0 Å². The molecule has 0 aliphatic heterocycles. The number of carboxylic acids is 1. The first kappa shape index (κ1) is 25.0. The second-order valence-electron chi connectivity index (χ2n) is 10.9. The molecule has 0 radical (unpaired) electrons. The van der Waals surface area contributed by atoms with Crippen LogP contribution in [0.3, 0.4) is 0 Å². The fourth-order valence-electron chi connectivity index (χ4n) is 5.69. The second kappa shape index (κ2) is 9.44. The molecular weight excluding hydrogens is 499 g/mol. The highest BCUT2D eigenvalue weighted by molar-refractivity contribution is 6.04. The molecule has 6 rings (SSSR count). The molecule has 0 bridgehead atoms. The third-order valence-corrected chi connectivity index (χ3v) is 8.03. The fraction of sp³-hybridized carbons (Fsp3) is 0.345. The number of fused-ring (bicyclic) bond motifs is 1. The third kappa shape index (κ3) is 4.60. The van der Waals surface area contributed by atoms with Crippen LogP contribution < -0.4 is 11.1 Å². The van der Waals surface area contributed by atoms with Gasteiger partial charge in [0.25, 0.3) is 5.91 Å². The van der Waals surface area contributed by atoms with E-state index in [-0.39, 0.29) is 22.9 Å². The normalized spacial score (nSPS) is 21.1. The number of carbonyl (C=O) groups excluding carboxylic acids is 1. The maximum absolute atomic E-state index is 15.6. The van der Waals surface area contributed by atoms with Crippen LogP contribution in [-0.4, -0.2) is 36.3 Å². The van der Waals surface area contributed by atoms with Gasteiger partial charge in [-0.05, 0) is 80.8 Å². The van der Waals surface area contributed by atoms with Crippen molar-refractivity contribution in [2.45, 2.75) is 57.3 Å². The number of pyridine rings is 1. The van der Waals surface area contributed by atoms with Gasteiger partial charge in [-0.25, -0.2) is 19.3 Å². The Morgan fingerprint density at radius 2 is 1.95 bits per heavy atom. The van der Waals surface area contributed by atoms with Crippen molar-refractivity contribution < 1.29 is 19.1 Å². The van der Waals surface area contributed by atoms with Crippen LogP contribution in [-0.2, 0) is 4.79 Å². The average Bonchev–Trinajstić information content (AvgIpc) is 3.69. The van der Waals surface area contributed by atoms with Gasteiger partial charge in [0.15, 0.2) is 0 Å². The van der Waals surface area contributed by atoms with Crippen molar-refractivity contribution in [1.29, 1.82) is 0 Å². The molecule has 10 heteroatoms. The number of rotatable bonds is 6. The zero-order valence-electron chi connectivity index (χ0n) is 21.5. The summed E-state index contributed by atoms with van der Waals surface area (Å²) in [4.78, 5) is 38.0. The van der Waals surface area contributed by atoms with E-state index in [0.717, 1.165) is 31.2 Å². The van der Waals surface area contributed by atoms with Crippen molar-refractivity contribution in [3.8, 4) is 11.3 Å². The lowest BCUT2D eigenvalue weighted by Crippen LogP contribution is -2.33. The number of carboxylic acid groups (broad SMARTS) is 1. The van der Waals surface area contributed by atoms with E-state index in [9.17, 15) is 14.7 Å². The van der Waals surface area contributed by atoms with Crippen molar-refractivity contribution in [2.24, 2.45) is 5.41 Å². The summed E-state index contributed by atoms with van der Waals surface area (Å²) in [5.41, 5.74) is 7.59. The van der Waals surface area contributed by atoms with E-state index in [4.69, 9.17) is 10.7 Å². The van der Waals surface area contributed by atoms with Crippen molar-refractivity contribution in [1.82, 2.24) is 19.4 Å². The minimum absolute atomic E-state index is 0.144. The number of hydrogen-bond acceptors (Lipinski definition) is 6. The number of nitrogens with two attached hydrogens (primary N) is 1. The summed E-state index contributed by atoms with van der Waals surface area (Å²) >= 11 is 0. The Balaban J connectivity index is 1.33. The Morgan fingerprint density at radius 1 is 1.13 bits per heavy atom. The summed E-state index contributed by atoms with van der Waals surface area (Å²) in [6.45, 7) is 1.76. The molecule has 2 aliphatic carbocycles. The number of halogens is 1. The quantitative estimate of drug-likeness (QED) is 0.305. The molecule has 0 saturated heterocycles. The molecule has 0 unspecified atom stereocenters. The summed E-state index contributed by atoms with van der Waals surface area (Å²) in [5, 5.41) is 12.6. The Bertz CT molecular complexity index is 1610. The van der Waals surface area contributed by atoms with Gasteiger partial charge >= 0.3 is 5.97 Å². The van der Waals surface area contributed by atoms with Gasteiger partial charge in [-0.1, -0.05) is 6.42 Å². The van der Waals surface area contributed by atoms with Crippen LogP contribution in [0.15, 0.2) is 48.9 Å². The summed E-state index contributed by atoms with van der Waals surface area (Å²) in [6.07, 6.45) is 9.72. The minimum atomic E-state index is -0.860.